The van der Waals surface area contributed by atoms with Crippen molar-refractivity contribution in [1.29, 1.82) is 0 Å². The highest BCUT2D eigenvalue weighted by Gasteiger charge is 2.43. The lowest BCUT2D eigenvalue weighted by molar-refractivity contribution is -0.146. The van der Waals surface area contributed by atoms with Crippen LogP contribution in [0.25, 0.3) is 0 Å². The van der Waals surface area contributed by atoms with E-state index in [1.807, 2.05) is 0 Å². The van der Waals surface area contributed by atoms with Gasteiger partial charge in [-0.2, -0.15) is 0 Å². The van der Waals surface area contributed by atoms with E-state index in [0.29, 0.717) is 12.1 Å². The summed E-state index contributed by atoms with van der Waals surface area (Å²) in [6.07, 6.45) is 3.36. The molecule has 1 N–H and O–H groups in total. The predicted molar refractivity (Wildman–Crippen MR) is 40.1 cm³/mol. The molecule has 2 rings (SSSR count). The van der Waals surface area contributed by atoms with Crippen LogP contribution in [0.4, 0.5) is 0 Å². The van der Waals surface area contributed by atoms with Crippen LogP contribution in [0.2, 0.25) is 0 Å². The zero-order valence-electron chi connectivity index (χ0n) is 6.67. The van der Waals surface area contributed by atoms with Crippen LogP contribution in [-0.2, 0) is 9.53 Å². The van der Waals surface area contributed by atoms with E-state index in [9.17, 15) is 4.79 Å². The minimum absolute atomic E-state index is 0.0373. The molecule has 0 aliphatic carbocycles. The Bertz CT molecular complexity index is 181. The third-order valence-electron chi connectivity index (χ3n) is 2.80. The average molecular weight is 155 g/mol. The molecular weight excluding hydrogens is 142 g/mol. The minimum atomic E-state index is -0.0373. The van der Waals surface area contributed by atoms with Gasteiger partial charge in [0.1, 0.15) is 0 Å². The maximum absolute atomic E-state index is 11.1. The van der Waals surface area contributed by atoms with Crippen molar-refractivity contribution in [1.82, 2.24) is 5.32 Å². The van der Waals surface area contributed by atoms with Crippen molar-refractivity contribution in [3.8, 4) is 0 Å². The SMILES string of the molecule is COC(=O)[C@H]1C[C@@H]2CC[C@H]1N2. The molecule has 2 heterocycles. The molecule has 3 atom stereocenters. The molecule has 3 nitrogen and oxygen atoms in total. The molecule has 2 aliphatic rings. The molecule has 0 aromatic carbocycles. The first-order valence-electron chi connectivity index (χ1n) is 4.15. The molecule has 62 valence electrons. The van der Waals surface area contributed by atoms with Gasteiger partial charge in [0, 0.05) is 12.1 Å². The Balaban J connectivity index is 2.02. The van der Waals surface area contributed by atoms with Gasteiger partial charge >= 0.3 is 5.97 Å². The second-order valence-electron chi connectivity index (χ2n) is 3.41. The lowest BCUT2D eigenvalue weighted by Gasteiger charge is -2.16. The van der Waals surface area contributed by atoms with Gasteiger partial charge in [-0.25, -0.2) is 0 Å². The van der Waals surface area contributed by atoms with Crippen molar-refractivity contribution in [2.75, 3.05) is 7.11 Å². The Morgan fingerprint density at radius 1 is 1.55 bits per heavy atom. The largest absolute Gasteiger partial charge is 0.469 e. The number of hydrogen-bond acceptors (Lipinski definition) is 3. The smallest absolute Gasteiger partial charge is 0.310 e. The van der Waals surface area contributed by atoms with Gasteiger partial charge in [-0.15, -0.1) is 0 Å². The Labute approximate surface area is 66.1 Å². The maximum Gasteiger partial charge on any atom is 0.310 e. The summed E-state index contributed by atoms with van der Waals surface area (Å²) in [6, 6.07) is 0.997. The van der Waals surface area contributed by atoms with E-state index in [-0.39, 0.29) is 11.9 Å². The van der Waals surface area contributed by atoms with E-state index in [4.69, 9.17) is 4.74 Å². The van der Waals surface area contributed by atoms with E-state index in [1.165, 1.54) is 13.5 Å². The van der Waals surface area contributed by atoms with Crippen molar-refractivity contribution in [2.24, 2.45) is 5.92 Å². The molecule has 2 saturated heterocycles. The van der Waals surface area contributed by atoms with Crippen LogP contribution in [0.5, 0.6) is 0 Å². The second kappa shape index (κ2) is 2.48. The summed E-state index contributed by atoms with van der Waals surface area (Å²) in [5, 5.41) is 3.39. The van der Waals surface area contributed by atoms with Crippen LogP contribution in [0, 0.1) is 5.92 Å². The van der Waals surface area contributed by atoms with Crippen LogP contribution in [0.3, 0.4) is 0 Å². The Kier molecular flexibility index (Phi) is 1.60. The number of ether oxygens (including phenoxy) is 1. The molecule has 0 spiro atoms. The van der Waals surface area contributed by atoms with E-state index >= 15 is 0 Å². The second-order valence-corrected chi connectivity index (χ2v) is 3.41. The summed E-state index contributed by atoms with van der Waals surface area (Å²) in [6.45, 7) is 0. The number of fused-ring (bicyclic) bond motifs is 2. The lowest BCUT2D eigenvalue weighted by Crippen LogP contribution is -2.29. The van der Waals surface area contributed by atoms with Crippen LogP contribution >= 0.6 is 0 Å². The zero-order chi connectivity index (χ0) is 7.84. The molecule has 11 heavy (non-hydrogen) atoms. The van der Waals surface area contributed by atoms with E-state index < -0.39 is 0 Å². The summed E-state index contributed by atoms with van der Waals surface area (Å²) in [5.74, 6) is 0.100. The van der Waals surface area contributed by atoms with Gasteiger partial charge in [-0.1, -0.05) is 0 Å². The van der Waals surface area contributed by atoms with Gasteiger partial charge in [0.05, 0.1) is 13.0 Å². The van der Waals surface area contributed by atoms with E-state index in [0.717, 1.165) is 12.8 Å². The quantitative estimate of drug-likeness (QED) is 0.553. The molecule has 3 heteroatoms. The van der Waals surface area contributed by atoms with Gasteiger partial charge in [0.2, 0.25) is 0 Å². The molecule has 0 saturated carbocycles. The topological polar surface area (TPSA) is 38.3 Å². The third kappa shape index (κ3) is 1.03. The van der Waals surface area contributed by atoms with Crippen molar-refractivity contribution in [3.63, 3.8) is 0 Å². The molecule has 0 amide bonds. The highest BCUT2D eigenvalue weighted by Crippen LogP contribution is 2.33. The Morgan fingerprint density at radius 2 is 2.36 bits per heavy atom. The van der Waals surface area contributed by atoms with Crippen LogP contribution in [-0.4, -0.2) is 25.2 Å². The van der Waals surface area contributed by atoms with Gasteiger partial charge in [-0.3, -0.25) is 4.79 Å². The standard InChI is InChI=1S/C8H13NO2/c1-11-8(10)6-4-5-2-3-7(6)9-5/h5-7,9H,2-4H2,1H3/t5-,6-,7+/m0/s1. The number of hydrogen-bond donors (Lipinski definition) is 1. The third-order valence-corrected chi connectivity index (χ3v) is 2.80. The Morgan fingerprint density at radius 3 is 2.82 bits per heavy atom. The fourth-order valence-electron chi connectivity index (χ4n) is 2.24. The van der Waals surface area contributed by atoms with E-state index in [1.54, 1.807) is 0 Å². The molecule has 0 radical (unpaired) electrons. The first kappa shape index (κ1) is 7.10. The molecule has 0 unspecified atom stereocenters. The van der Waals surface area contributed by atoms with Crippen molar-refractivity contribution in [2.45, 2.75) is 31.3 Å². The van der Waals surface area contributed by atoms with Crippen LogP contribution < -0.4 is 5.32 Å². The molecule has 2 fully saturated rings. The van der Waals surface area contributed by atoms with Gasteiger partial charge in [0.15, 0.2) is 0 Å². The van der Waals surface area contributed by atoms with Gasteiger partial charge in [-0.05, 0) is 19.3 Å². The van der Waals surface area contributed by atoms with Gasteiger partial charge in [0.25, 0.3) is 0 Å². The number of carbonyl (C=O) groups excluding carboxylic acids is 1. The first-order valence-corrected chi connectivity index (χ1v) is 4.15. The number of nitrogens with one attached hydrogen (secondary N) is 1. The highest BCUT2D eigenvalue weighted by atomic mass is 16.5. The molecular formula is C8H13NO2. The molecule has 0 aromatic rings. The zero-order valence-corrected chi connectivity index (χ0v) is 6.67. The average Bonchev–Trinajstić information content (AvgIpc) is 2.62. The number of methoxy groups -OCH3 is 1. The minimum Gasteiger partial charge on any atom is -0.469 e. The van der Waals surface area contributed by atoms with Gasteiger partial charge < -0.3 is 10.1 Å². The summed E-state index contributed by atoms with van der Waals surface area (Å²) >= 11 is 0. The summed E-state index contributed by atoms with van der Waals surface area (Å²) in [7, 11) is 1.47. The molecule has 0 aromatic heterocycles. The number of rotatable bonds is 1. The fourth-order valence-corrected chi connectivity index (χ4v) is 2.24. The highest BCUT2D eigenvalue weighted by molar-refractivity contribution is 5.74. The van der Waals surface area contributed by atoms with Crippen molar-refractivity contribution < 1.29 is 9.53 Å². The normalized spacial score (nSPS) is 41.0. The van der Waals surface area contributed by atoms with Crippen molar-refractivity contribution in [3.05, 3.63) is 0 Å². The molecule has 2 aliphatic heterocycles. The van der Waals surface area contributed by atoms with Crippen molar-refractivity contribution >= 4 is 5.97 Å². The first-order chi connectivity index (χ1) is 5.31. The fraction of sp³-hybridized carbons (Fsp3) is 0.875. The lowest BCUT2D eigenvalue weighted by atomic mass is 9.89. The monoisotopic (exact) mass is 155 g/mol. The maximum atomic E-state index is 11.1. The van der Waals surface area contributed by atoms with Crippen LogP contribution in [0.1, 0.15) is 19.3 Å². The number of esters is 1. The number of carbonyl (C=O) groups is 1. The predicted octanol–water partition coefficient (Wildman–Crippen LogP) is 0.300. The van der Waals surface area contributed by atoms with Crippen LogP contribution in [0.15, 0.2) is 0 Å². The molecule has 2 bridgehead atoms. The Hall–Kier alpha value is -0.570. The summed E-state index contributed by atoms with van der Waals surface area (Å²) in [5.41, 5.74) is 0. The van der Waals surface area contributed by atoms with E-state index in [2.05, 4.69) is 5.32 Å². The summed E-state index contributed by atoms with van der Waals surface area (Å²) in [4.78, 5) is 11.1. The summed E-state index contributed by atoms with van der Waals surface area (Å²) < 4.78 is 4.71.